The van der Waals surface area contributed by atoms with Crippen LogP contribution in [0.2, 0.25) is 0 Å². The molecule has 1 aromatic carbocycles. The Bertz CT molecular complexity index is 551. The summed E-state index contributed by atoms with van der Waals surface area (Å²) >= 11 is 1.67. The predicted octanol–water partition coefficient (Wildman–Crippen LogP) is 4.73. The first-order valence-electron chi connectivity index (χ1n) is 7.13. The summed E-state index contributed by atoms with van der Waals surface area (Å²) in [5.74, 6) is 0.956. The molecule has 0 fully saturated rings. The molecular weight excluding hydrogens is 268 g/mol. The second kappa shape index (κ2) is 7.29. The third-order valence-electron chi connectivity index (χ3n) is 3.15. The number of benzene rings is 1. The van der Waals surface area contributed by atoms with Gasteiger partial charge in [-0.25, -0.2) is 4.98 Å². The van der Waals surface area contributed by atoms with Gasteiger partial charge in [0, 0.05) is 12.6 Å². The fourth-order valence-corrected chi connectivity index (χ4v) is 3.02. The molecule has 0 amide bonds. The van der Waals surface area contributed by atoms with E-state index in [0.29, 0.717) is 0 Å². The molecule has 20 heavy (non-hydrogen) atoms. The summed E-state index contributed by atoms with van der Waals surface area (Å²) in [5.41, 5.74) is 2.18. The summed E-state index contributed by atoms with van der Waals surface area (Å²) in [7, 11) is 1.90. The average molecular weight is 290 g/mol. The van der Waals surface area contributed by atoms with E-state index >= 15 is 0 Å². The molecule has 1 heterocycles. The molecular formula is C16H22N2OS. The summed E-state index contributed by atoms with van der Waals surface area (Å²) < 4.78 is 5.95. The van der Waals surface area contributed by atoms with Crippen molar-refractivity contribution >= 4 is 16.5 Å². The van der Waals surface area contributed by atoms with E-state index in [0.717, 1.165) is 35.2 Å². The minimum Gasteiger partial charge on any atom is -0.493 e. The molecule has 3 nitrogen and oxygen atoms in total. The van der Waals surface area contributed by atoms with Gasteiger partial charge in [-0.05, 0) is 25.5 Å². The molecule has 108 valence electrons. The van der Waals surface area contributed by atoms with Crippen molar-refractivity contribution in [3.05, 3.63) is 30.0 Å². The number of hydrogen-bond acceptors (Lipinski definition) is 4. The highest BCUT2D eigenvalue weighted by atomic mass is 32.1. The quantitative estimate of drug-likeness (QED) is 0.749. The first kappa shape index (κ1) is 14.9. The minimum absolute atomic E-state index is 0.779. The molecule has 0 aliphatic rings. The van der Waals surface area contributed by atoms with Crippen molar-refractivity contribution in [2.45, 2.75) is 33.1 Å². The number of nitrogens with one attached hydrogen (secondary N) is 1. The van der Waals surface area contributed by atoms with Crippen LogP contribution in [0.15, 0.2) is 24.3 Å². The first-order valence-corrected chi connectivity index (χ1v) is 7.95. The van der Waals surface area contributed by atoms with E-state index in [1.54, 1.807) is 11.3 Å². The van der Waals surface area contributed by atoms with Gasteiger partial charge in [-0.3, -0.25) is 0 Å². The lowest BCUT2D eigenvalue weighted by atomic mass is 10.1. The standard InChI is InChI=1S/C16H22N2OS/c1-4-5-8-11-19-14-10-7-6-9-13(14)15-12(2)18-16(17-3)20-15/h6-7,9-10H,4-5,8,11H2,1-3H3,(H,17,18). The molecule has 4 heteroatoms. The second-order valence-electron chi connectivity index (χ2n) is 4.74. The zero-order valence-electron chi connectivity index (χ0n) is 12.4. The van der Waals surface area contributed by atoms with Gasteiger partial charge < -0.3 is 10.1 Å². The second-order valence-corrected chi connectivity index (χ2v) is 5.73. The lowest BCUT2D eigenvalue weighted by Gasteiger charge is -2.10. The maximum Gasteiger partial charge on any atom is 0.183 e. The lowest BCUT2D eigenvalue weighted by Crippen LogP contribution is -1.98. The molecule has 0 aliphatic heterocycles. The highest BCUT2D eigenvalue weighted by molar-refractivity contribution is 7.19. The Morgan fingerprint density at radius 2 is 2.05 bits per heavy atom. The van der Waals surface area contributed by atoms with Crippen molar-refractivity contribution in [2.75, 3.05) is 19.0 Å². The zero-order chi connectivity index (χ0) is 14.4. The molecule has 0 saturated heterocycles. The molecule has 0 saturated carbocycles. The van der Waals surface area contributed by atoms with Crippen molar-refractivity contribution in [3.8, 4) is 16.2 Å². The Hall–Kier alpha value is -1.55. The van der Waals surface area contributed by atoms with Crippen LogP contribution >= 0.6 is 11.3 Å². The minimum atomic E-state index is 0.779. The van der Waals surface area contributed by atoms with E-state index in [9.17, 15) is 0 Å². The van der Waals surface area contributed by atoms with Crippen molar-refractivity contribution in [1.82, 2.24) is 4.98 Å². The largest absolute Gasteiger partial charge is 0.493 e. The van der Waals surface area contributed by atoms with E-state index in [1.165, 1.54) is 17.7 Å². The van der Waals surface area contributed by atoms with Gasteiger partial charge in [0.15, 0.2) is 5.13 Å². The first-order chi connectivity index (χ1) is 9.76. The van der Waals surface area contributed by atoms with E-state index in [2.05, 4.69) is 23.3 Å². The molecule has 1 aromatic heterocycles. The van der Waals surface area contributed by atoms with Gasteiger partial charge in [-0.2, -0.15) is 0 Å². The molecule has 0 bridgehead atoms. The number of thiazole rings is 1. The van der Waals surface area contributed by atoms with Gasteiger partial charge in [-0.1, -0.05) is 43.2 Å². The smallest absolute Gasteiger partial charge is 0.183 e. The SMILES string of the molecule is CCCCCOc1ccccc1-c1sc(NC)nc1C. The van der Waals surface area contributed by atoms with Gasteiger partial charge in [0.05, 0.1) is 17.2 Å². The van der Waals surface area contributed by atoms with E-state index < -0.39 is 0 Å². The number of rotatable bonds is 7. The number of para-hydroxylation sites is 1. The van der Waals surface area contributed by atoms with Crippen LogP contribution in [0.3, 0.4) is 0 Å². The van der Waals surface area contributed by atoms with Gasteiger partial charge in [0.25, 0.3) is 0 Å². The number of anilines is 1. The Morgan fingerprint density at radius 3 is 2.75 bits per heavy atom. The Labute approximate surface area is 125 Å². The fraction of sp³-hybridized carbons (Fsp3) is 0.438. The fourth-order valence-electron chi connectivity index (χ4n) is 2.07. The van der Waals surface area contributed by atoms with Gasteiger partial charge in [-0.15, -0.1) is 0 Å². The molecule has 1 N–H and O–H groups in total. The third-order valence-corrected chi connectivity index (χ3v) is 4.36. The van der Waals surface area contributed by atoms with Crippen LogP contribution in [-0.2, 0) is 0 Å². The summed E-state index contributed by atoms with van der Waals surface area (Å²) in [6.07, 6.45) is 3.53. The molecule has 0 aliphatic carbocycles. The molecule has 0 unspecified atom stereocenters. The Kier molecular flexibility index (Phi) is 5.41. The van der Waals surface area contributed by atoms with Crippen molar-refractivity contribution in [3.63, 3.8) is 0 Å². The summed E-state index contributed by atoms with van der Waals surface area (Å²) in [5, 5.41) is 4.05. The topological polar surface area (TPSA) is 34.1 Å². The van der Waals surface area contributed by atoms with Crippen LogP contribution in [0.1, 0.15) is 31.9 Å². The van der Waals surface area contributed by atoms with E-state index in [4.69, 9.17) is 4.74 Å². The van der Waals surface area contributed by atoms with Crippen LogP contribution in [0, 0.1) is 6.92 Å². The van der Waals surface area contributed by atoms with Crippen LogP contribution in [0.4, 0.5) is 5.13 Å². The maximum absolute atomic E-state index is 5.95. The highest BCUT2D eigenvalue weighted by Gasteiger charge is 2.13. The van der Waals surface area contributed by atoms with Crippen LogP contribution < -0.4 is 10.1 Å². The highest BCUT2D eigenvalue weighted by Crippen LogP contribution is 2.37. The molecule has 2 rings (SSSR count). The zero-order valence-corrected chi connectivity index (χ0v) is 13.2. The Morgan fingerprint density at radius 1 is 1.25 bits per heavy atom. The molecule has 2 aromatic rings. The third kappa shape index (κ3) is 3.51. The van der Waals surface area contributed by atoms with Gasteiger partial charge >= 0.3 is 0 Å². The molecule has 0 atom stereocenters. The summed E-state index contributed by atoms with van der Waals surface area (Å²) in [6, 6.07) is 8.22. The van der Waals surface area contributed by atoms with Crippen LogP contribution in [0.5, 0.6) is 5.75 Å². The maximum atomic E-state index is 5.95. The van der Waals surface area contributed by atoms with E-state index in [-0.39, 0.29) is 0 Å². The van der Waals surface area contributed by atoms with Crippen LogP contribution in [0.25, 0.3) is 10.4 Å². The number of unbranched alkanes of at least 4 members (excludes halogenated alkanes) is 2. The van der Waals surface area contributed by atoms with Crippen molar-refractivity contribution < 1.29 is 4.74 Å². The van der Waals surface area contributed by atoms with Crippen molar-refractivity contribution in [1.29, 1.82) is 0 Å². The number of hydrogen-bond donors (Lipinski definition) is 1. The van der Waals surface area contributed by atoms with E-state index in [1.807, 2.05) is 32.2 Å². The van der Waals surface area contributed by atoms with Crippen LogP contribution in [-0.4, -0.2) is 18.6 Å². The number of nitrogens with zero attached hydrogens (tertiary/aromatic N) is 1. The normalized spacial score (nSPS) is 10.6. The lowest BCUT2D eigenvalue weighted by molar-refractivity contribution is 0.307. The van der Waals surface area contributed by atoms with Crippen molar-refractivity contribution in [2.24, 2.45) is 0 Å². The average Bonchev–Trinajstić information content (AvgIpc) is 2.85. The van der Waals surface area contributed by atoms with Gasteiger partial charge in [0.1, 0.15) is 5.75 Å². The van der Waals surface area contributed by atoms with Gasteiger partial charge in [0.2, 0.25) is 0 Å². The molecule has 0 spiro atoms. The number of ether oxygens (including phenoxy) is 1. The predicted molar refractivity (Wildman–Crippen MR) is 86.9 cm³/mol. The Balaban J connectivity index is 2.20. The number of aromatic nitrogens is 1. The number of aryl methyl sites for hydroxylation is 1. The summed E-state index contributed by atoms with van der Waals surface area (Å²) in [4.78, 5) is 5.69. The summed E-state index contributed by atoms with van der Waals surface area (Å²) in [6.45, 7) is 5.02. The monoisotopic (exact) mass is 290 g/mol. The molecule has 0 radical (unpaired) electrons.